The van der Waals surface area contributed by atoms with Crippen LogP contribution in [-0.2, 0) is 6.61 Å². The van der Waals surface area contributed by atoms with Gasteiger partial charge in [0.05, 0.1) is 16.8 Å². The predicted molar refractivity (Wildman–Crippen MR) is 107 cm³/mol. The molecule has 0 aromatic heterocycles. The number of nitrogens with zero attached hydrogens (tertiary/aromatic N) is 2. The molecule has 0 spiro atoms. The summed E-state index contributed by atoms with van der Waals surface area (Å²) in [5.41, 5.74) is 5.42. The van der Waals surface area contributed by atoms with Gasteiger partial charge in [0.25, 0.3) is 5.69 Å². The molecule has 0 aliphatic heterocycles. The van der Waals surface area contributed by atoms with Gasteiger partial charge in [0.1, 0.15) is 12.4 Å². The van der Waals surface area contributed by atoms with Crippen molar-refractivity contribution in [2.75, 3.05) is 5.43 Å². The van der Waals surface area contributed by atoms with E-state index in [-0.39, 0.29) is 5.69 Å². The number of rotatable bonds is 7. The normalized spacial score (nSPS) is 10.7. The van der Waals surface area contributed by atoms with Crippen LogP contribution in [0.25, 0.3) is 0 Å². The summed E-state index contributed by atoms with van der Waals surface area (Å²) in [6.45, 7) is 0.440. The van der Waals surface area contributed by atoms with Gasteiger partial charge in [-0.1, -0.05) is 23.7 Å². The first kappa shape index (κ1) is 18.4. The average Bonchev–Trinajstić information content (AvgIpc) is 2.68. The fourth-order valence-electron chi connectivity index (χ4n) is 2.28. The van der Waals surface area contributed by atoms with E-state index in [9.17, 15) is 10.1 Å². The van der Waals surface area contributed by atoms with E-state index in [0.717, 1.165) is 16.9 Å². The first-order chi connectivity index (χ1) is 13.1. The fourth-order valence-corrected chi connectivity index (χ4v) is 2.50. The van der Waals surface area contributed by atoms with Crippen molar-refractivity contribution in [2.45, 2.75) is 6.61 Å². The van der Waals surface area contributed by atoms with E-state index in [2.05, 4.69) is 10.5 Å². The Bertz CT molecular complexity index is 941. The van der Waals surface area contributed by atoms with Crippen LogP contribution in [0.2, 0.25) is 5.02 Å². The van der Waals surface area contributed by atoms with Crippen molar-refractivity contribution in [1.82, 2.24) is 0 Å². The lowest BCUT2D eigenvalue weighted by Gasteiger charge is -2.06. The van der Waals surface area contributed by atoms with Crippen molar-refractivity contribution in [3.05, 3.63) is 99.1 Å². The Morgan fingerprint density at radius 1 is 1.07 bits per heavy atom. The number of hydrogen-bond acceptors (Lipinski definition) is 5. The number of nitro groups is 1. The summed E-state index contributed by atoms with van der Waals surface area (Å²) in [6, 6.07) is 21.1. The third-order valence-electron chi connectivity index (χ3n) is 3.66. The third kappa shape index (κ3) is 5.55. The highest BCUT2D eigenvalue weighted by Crippen LogP contribution is 2.17. The molecule has 27 heavy (non-hydrogen) atoms. The molecule has 3 aromatic carbocycles. The lowest BCUT2D eigenvalue weighted by atomic mass is 10.2. The number of nitrogens with one attached hydrogen (secondary N) is 1. The lowest BCUT2D eigenvalue weighted by Crippen LogP contribution is -1.95. The van der Waals surface area contributed by atoms with Crippen LogP contribution in [0.4, 0.5) is 11.4 Å². The molecular formula is C20H16ClN3O3. The van der Waals surface area contributed by atoms with Gasteiger partial charge in [-0.3, -0.25) is 15.5 Å². The van der Waals surface area contributed by atoms with Crippen molar-refractivity contribution in [3.8, 4) is 5.75 Å². The van der Waals surface area contributed by atoms with Crippen LogP contribution in [0.15, 0.2) is 77.9 Å². The minimum atomic E-state index is -0.441. The molecular weight excluding hydrogens is 366 g/mol. The number of hydrogen-bond donors (Lipinski definition) is 1. The zero-order valence-corrected chi connectivity index (χ0v) is 15.0. The monoisotopic (exact) mass is 381 g/mol. The van der Waals surface area contributed by atoms with Gasteiger partial charge in [0.15, 0.2) is 0 Å². The Morgan fingerprint density at radius 2 is 1.81 bits per heavy atom. The molecule has 0 unspecified atom stereocenters. The number of benzene rings is 3. The minimum Gasteiger partial charge on any atom is -0.489 e. The molecule has 0 amide bonds. The summed E-state index contributed by atoms with van der Waals surface area (Å²) in [5, 5.41) is 15.4. The lowest BCUT2D eigenvalue weighted by molar-refractivity contribution is -0.384. The fraction of sp³-hybridized carbons (Fsp3) is 0.0500. The van der Waals surface area contributed by atoms with Gasteiger partial charge in [-0.2, -0.15) is 5.10 Å². The molecule has 0 radical (unpaired) electrons. The summed E-state index contributed by atoms with van der Waals surface area (Å²) in [4.78, 5) is 10.2. The van der Waals surface area contributed by atoms with E-state index in [0.29, 0.717) is 17.3 Å². The largest absolute Gasteiger partial charge is 0.489 e. The number of ether oxygens (including phenoxy) is 1. The second-order valence-corrected chi connectivity index (χ2v) is 6.10. The van der Waals surface area contributed by atoms with E-state index in [4.69, 9.17) is 16.3 Å². The summed E-state index contributed by atoms with van der Waals surface area (Å²) < 4.78 is 5.73. The Labute approximate surface area is 161 Å². The molecule has 136 valence electrons. The van der Waals surface area contributed by atoms with E-state index >= 15 is 0 Å². The third-order valence-corrected chi connectivity index (χ3v) is 3.90. The van der Waals surface area contributed by atoms with Crippen LogP contribution in [0.1, 0.15) is 11.1 Å². The van der Waals surface area contributed by atoms with Crippen molar-refractivity contribution < 1.29 is 9.66 Å². The Kier molecular flexibility index (Phi) is 6.02. The molecule has 0 fully saturated rings. The van der Waals surface area contributed by atoms with Crippen molar-refractivity contribution in [2.24, 2.45) is 5.10 Å². The second kappa shape index (κ2) is 8.82. The van der Waals surface area contributed by atoms with Gasteiger partial charge in [-0.15, -0.1) is 0 Å². The molecule has 0 atom stereocenters. The molecule has 3 rings (SSSR count). The summed E-state index contributed by atoms with van der Waals surface area (Å²) in [5.74, 6) is 0.746. The molecule has 0 saturated carbocycles. The Balaban J connectivity index is 1.52. The van der Waals surface area contributed by atoms with Gasteiger partial charge in [0, 0.05) is 17.2 Å². The van der Waals surface area contributed by atoms with Crippen LogP contribution in [0.5, 0.6) is 5.75 Å². The van der Waals surface area contributed by atoms with Gasteiger partial charge >= 0.3 is 0 Å². The number of hydrazone groups is 1. The zero-order valence-electron chi connectivity index (χ0n) is 14.2. The highest BCUT2D eigenvalue weighted by Gasteiger charge is 2.03. The summed E-state index contributed by atoms with van der Waals surface area (Å²) >= 11 is 5.96. The first-order valence-electron chi connectivity index (χ1n) is 8.11. The minimum absolute atomic E-state index is 0.0397. The maximum Gasteiger partial charge on any atom is 0.269 e. The van der Waals surface area contributed by atoms with Gasteiger partial charge < -0.3 is 4.74 Å². The number of non-ortho nitro benzene ring substituents is 1. The molecule has 0 heterocycles. The second-order valence-electron chi connectivity index (χ2n) is 5.66. The average molecular weight is 382 g/mol. The number of halogens is 1. The Hall–Kier alpha value is -3.38. The zero-order chi connectivity index (χ0) is 19.1. The molecule has 1 N–H and O–H groups in total. The predicted octanol–water partition coefficient (Wildman–Crippen LogP) is 5.27. The summed E-state index contributed by atoms with van der Waals surface area (Å²) in [7, 11) is 0. The van der Waals surface area contributed by atoms with E-state index in [1.807, 2.05) is 48.5 Å². The van der Waals surface area contributed by atoms with Crippen molar-refractivity contribution >= 4 is 29.2 Å². The molecule has 0 bridgehead atoms. The topological polar surface area (TPSA) is 76.8 Å². The molecule has 0 aliphatic rings. The smallest absolute Gasteiger partial charge is 0.269 e. The van der Waals surface area contributed by atoms with Gasteiger partial charge in [0.2, 0.25) is 0 Å². The van der Waals surface area contributed by atoms with E-state index < -0.39 is 4.92 Å². The van der Waals surface area contributed by atoms with Crippen LogP contribution in [0, 0.1) is 10.1 Å². The molecule has 6 nitrogen and oxygen atoms in total. The number of anilines is 1. The van der Waals surface area contributed by atoms with Crippen molar-refractivity contribution in [3.63, 3.8) is 0 Å². The van der Waals surface area contributed by atoms with Crippen molar-refractivity contribution in [1.29, 1.82) is 0 Å². The number of nitro benzene ring substituents is 1. The highest BCUT2D eigenvalue weighted by molar-refractivity contribution is 6.30. The van der Waals surface area contributed by atoms with Crippen LogP contribution in [0.3, 0.4) is 0 Å². The quantitative estimate of drug-likeness (QED) is 0.343. The Morgan fingerprint density at radius 3 is 2.48 bits per heavy atom. The summed E-state index contributed by atoms with van der Waals surface area (Å²) in [6.07, 6.45) is 1.65. The van der Waals surface area contributed by atoms with E-state index in [1.165, 1.54) is 12.1 Å². The molecule has 7 heteroatoms. The molecule has 0 saturated heterocycles. The standard InChI is InChI=1S/C20H16ClN3O3/c21-17-3-1-2-16(12-17)14-27-20-10-4-15(5-11-20)13-22-23-18-6-8-19(9-7-18)24(25)26/h1-13,23H,14H2. The van der Waals surface area contributed by atoms with Crippen LogP contribution in [-0.4, -0.2) is 11.1 Å². The van der Waals surface area contributed by atoms with E-state index in [1.54, 1.807) is 18.3 Å². The van der Waals surface area contributed by atoms with Gasteiger partial charge in [-0.05, 0) is 59.7 Å². The van der Waals surface area contributed by atoms with Gasteiger partial charge in [-0.25, -0.2) is 0 Å². The first-order valence-corrected chi connectivity index (χ1v) is 8.49. The molecule has 3 aromatic rings. The van der Waals surface area contributed by atoms with Crippen LogP contribution < -0.4 is 10.2 Å². The molecule has 0 aliphatic carbocycles. The van der Waals surface area contributed by atoms with Crippen LogP contribution >= 0.6 is 11.6 Å². The SMILES string of the molecule is O=[N+]([O-])c1ccc(NN=Cc2ccc(OCc3cccc(Cl)c3)cc2)cc1. The maximum absolute atomic E-state index is 10.6. The highest BCUT2D eigenvalue weighted by atomic mass is 35.5. The maximum atomic E-state index is 10.6.